The number of halogens is 1. The van der Waals surface area contributed by atoms with Crippen LogP contribution >= 0.6 is 0 Å². The summed E-state index contributed by atoms with van der Waals surface area (Å²) in [6.45, 7) is 1.90. The number of hydrogen-bond acceptors (Lipinski definition) is 6. The van der Waals surface area contributed by atoms with E-state index in [2.05, 4.69) is 15.6 Å². The maximum absolute atomic E-state index is 13.5. The molecule has 0 radical (unpaired) electrons. The van der Waals surface area contributed by atoms with Crippen molar-refractivity contribution in [2.45, 2.75) is 51.2 Å². The molecule has 10 nitrogen and oxygen atoms in total. The summed E-state index contributed by atoms with van der Waals surface area (Å²) in [4.78, 5) is 56.5. The molecular formula is C24H28FN5O5. The molecule has 3 amide bonds. The van der Waals surface area contributed by atoms with E-state index < -0.39 is 40.3 Å². The lowest BCUT2D eigenvalue weighted by Crippen LogP contribution is -2.52. The number of carbonyl (C=O) groups excluding carboxylic acids is 3. The van der Waals surface area contributed by atoms with Crippen molar-refractivity contribution in [3.05, 3.63) is 57.0 Å². The van der Waals surface area contributed by atoms with Gasteiger partial charge in [-0.2, -0.15) is 0 Å². The highest BCUT2D eigenvalue weighted by atomic mass is 19.1. The van der Waals surface area contributed by atoms with Crippen LogP contribution in [0.4, 0.5) is 4.39 Å². The van der Waals surface area contributed by atoms with Crippen LogP contribution in [0.1, 0.15) is 53.1 Å². The van der Waals surface area contributed by atoms with Gasteiger partial charge in [0.2, 0.25) is 5.75 Å². The number of nitrogens with zero attached hydrogens (tertiary/aromatic N) is 3. The van der Waals surface area contributed by atoms with Crippen LogP contribution in [0.15, 0.2) is 23.0 Å². The second-order valence-corrected chi connectivity index (χ2v) is 9.49. The quantitative estimate of drug-likeness (QED) is 0.552. The molecular weight excluding hydrogens is 457 g/mol. The van der Waals surface area contributed by atoms with Crippen molar-refractivity contribution < 1.29 is 23.9 Å². The summed E-state index contributed by atoms with van der Waals surface area (Å²) in [5.41, 5.74) is -1.30. The number of amides is 3. The lowest BCUT2D eigenvalue weighted by atomic mass is 9.94. The highest BCUT2D eigenvalue weighted by Crippen LogP contribution is 2.45. The van der Waals surface area contributed by atoms with Crippen molar-refractivity contribution in [2.75, 3.05) is 14.1 Å². The van der Waals surface area contributed by atoms with Crippen LogP contribution in [0.2, 0.25) is 0 Å². The monoisotopic (exact) mass is 485 g/mol. The van der Waals surface area contributed by atoms with Gasteiger partial charge in [-0.1, -0.05) is 12.1 Å². The van der Waals surface area contributed by atoms with E-state index in [-0.39, 0.29) is 30.6 Å². The minimum Gasteiger partial charge on any atom is -0.501 e. The van der Waals surface area contributed by atoms with E-state index in [0.29, 0.717) is 30.4 Å². The predicted molar refractivity (Wildman–Crippen MR) is 123 cm³/mol. The zero-order valence-corrected chi connectivity index (χ0v) is 19.9. The highest BCUT2D eigenvalue weighted by molar-refractivity contribution is 6.35. The Hall–Kier alpha value is -3.76. The van der Waals surface area contributed by atoms with Crippen molar-refractivity contribution in [1.82, 2.24) is 25.1 Å². The Morgan fingerprint density at radius 1 is 1.29 bits per heavy atom. The summed E-state index contributed by atoms with van der Waals surface area (Å²) in [5, 5.41) is 15.9. The van der Waals surface area contributed by atoms with Crippen LogP contribution in [-0.4, -0.2) is 51.4 Å². The van der Waals surface area contributed by atoms with Crippen molar-refractivity contribution in [2.24, 2.45) is 5.92 Å². The number of rotatable bonds is 4. The van der Waals surface area contributed by atoms with Crippen LogP contribution in [0.5, 0.6) is 5.75 Å². The topological polar surface area (TPSA) is 134 Å². The molecule has 1 aromatic heterocycles. The van der Waals surface area contributed by atoms with Crippen molar-refractivity contribution in [3.8, 4) is 5.75 Å². The van der Waals surface area contributed by atoms with Crippen LogP contribution in [-0.2, 0) is 28.2 Å². The Balaban J connectivity index is 1.69. The molecule has 2 aromatic rings. The van der Waals surface area contributed by atoms with E-state index in [1.54, 1.807) is 13.0 Å². The molecule has 1 aliphatic heterocycles. The van der Waals surface area contributed by atoms with Gasteiger partial charge in [0.1, 0.15) is 11.6 Å². The van der Waals surface area contributed by atoms with E-state index >= 15 is 0 Å². The Kier molecular flexibility index (Phi) is 6.35. The van der Waals surface area contributed by atoms with Gasteiger partial charge in [-0.3, -0.25) is 23.7 Å². The minimum atomic E-state index is -1.11. The third kappa shape index (κ3) is 4.50. The lowest BCUT2D eigenvalue weighted by molar-refractivity contribution is -0.145. The summed E-state index contributed by atoms with van der Waals surface area (Å²) >= 11 is 0. The van der Waals surface area contributed by atoms with Gasteiger partial charge in [-0.05, 0) is 55.7 Å². The van der Waals surface area contributed by atoms with Gasteiger partial charge in [0.15, 0.2) is 5.69 Å². The molecule has 186 valence electrons. The summed E-state index contributed by atoms with van der Waals surface area (Å²) in [6, 6.07) is 4.39. The maximum Gasteiger partial charge on any atom is 0.311 e. The average Bonchev–Trinajstić information content (AvgIpc) is 3.15. The number of hydrogen-bond donors (Lipinski definition) is 3. The first-order valence-corrected chi connectivity index (χ1v) is 11.4. The molecule has 1 aliphatic carbocycles. The van der Waals surface area contributed by atoms with Gasteiger partial charge in [-0.15, -0.1) is 0 Å². The van der Waals surface area contributed by atoms with E-state index in [0.717, 1.165) is 11.3 Å². The van der Waals surface area contributed by atoms with Crippen LogP contribution in [0.25, 0.3) is 0 Å². The Morgan fingerprint density at radius 2 is 2.03 bits per heavy atom. The summed E-state index contributed by atoms with van der Waals surface area (Å²) < 4.78 is 14.8. The molecule has 2 heterocycles. The summed E-state index contributed by atoms with van der Waals surface area (Å²) in [6.07, 6.45) is 2.31. The molecule has 1 aromatic carbocycles. The molecule has 0 saturated heterocycles. The number of nitrogens with one attached hydrogen (secondary N) is 2. The second-order valence-electron chi connectivity index (χ2n) is 9.49. The largest absolute Gasteiger partial charge is 0.501 e. The lowest BCUT2D eigenvalue weighted by Gasteiger charge is -2.31. The van der Waals surface area contributed by atoms with E-state index in [1.165, 1.54) is 30.8 Å². The number of benzene rings is 1. The molecule has 4 rings (SSSR count). The zero-order chi connectivity index (χ0) is 25.5. The summed E-state index contributed by atoms with van der Waals surface area (Å²) in [5.74, 6) is -3.17. The molecule has 2 atom stereocenters. The normalized spacial score (nSPS) is 20.5. The Morgan fingerprint density at radius 3 is 2.71 bits per heavy atom. The van der Waals surface area contributed by atoms with Gasteiger partial charge in [0.25, 0.3) is 11.5 Å². The average molecular weight is 486 g/mol. The number of aromatic hydroxyl groups is 1. The van der Waals surface area contributed by atoms with Gasteiger partial charge in [0, 0.05) is 27.2 Å². The smallest absolute Gasteiger partial charge is 0.311 e. The maximum atomic E-state index is 13.5. The van der Waals surface area contributed by atoms with E-state index in [9.17, 15) is 28.7 Å². The summed E-state index contributed by atoms with van der Waals surface area (Å²) in [7, 11) is 2.92. The predicted octanol–water partition coefficient (Wildman–Crippen LogP) is 0.930. The SMILES string of the molecule is Cc1cc(CNC(=O)c2nc3n(c(=O)c2O)CC[C@H]2CC[C@]3(NC(=O)C(=O)N(C)C)C2)ccc1F. The molecule has 2 aliphatic rings. The van der Waals surface area contributed by atoms with Crippen LogP contribution in [0, 0.1) is 18.7 Å². The van der Waals surface area contributed by atoms with Crippen molar-refractivity contribution in [1.29, 1.82) is 0 Å². The molecule has 35 heavy (non-hydrogen) atoms. The number of carbonyl (C=O) groups is 3. The fourth-order valence-electron chi connectivity index (χ4n) is 4.91. The van der Waals surface area contributed by atoms with Gasteiger partial charge < -0.3 is 20.6 Å². The number of likely N-dealkylation sites (N-methyl/N-ethyl adjacent to an activating group) is 1. The number of aryl methyl sites for hydroxylation is 1. The molecule has 1 saturated carbocycles. The highest BCUT2D eigenvalue weighted by Gasteiger charge is 2.48. The Bertz CT molecular complexity index is 1270. The number of fused-ring (bicyclic) bond motifs is 4. The third-order valence-corrected chi connectivity index (χ3v) is 6.79. The van der Waals surface area contributed by atoms with Gasteiger partial charge in [0.05, 0.1) is 5.54 Å². The first-order valence-electron chi connectivity index (χ1n) is 11.4. The molecule has 1 fully saturated rings. The molecule has 0 spiro atoms. The van der Waals surface area contributed by atoms with Gasteiger partial charge >= 0.3 is 11.8 Å². The molecule has 0 unspecified atom stereocenters. The third-order valence-electron chi connectivity index (χ3n) is 6.79. The standard InChI is InChI=1S/C24H28FN5O5/c1-13-10-15(4-5-16(13)25)12-26-19(32)17-18(31)21(34)30-9-7-14-6-8-24(11-14,23(30)27-17)28-20(33)22(35)29(2)3/h4-5,10,14,31H,6-9,11-12H2,1-3H3,(H,26,32)(H,28,33)/t14-,24+/m1/s1. The van der Waals surface area contributed by atoms with Crippen LogP contribution < -0.4 is 16.2 Å². The molecule has 3 N–H and O–H groups in total. The van der Waals surface area contributed by atoms with Crippen molar-refractivity contribution >= 4 is 17.7 Å². The minimum absolute atomic E-state index is 0.0286. The van der Waals surface area contributed by atoms with E-state index in [1.807, 2.05) is 0 Å². The zero-order valence-electron chi connectivity index (χ0n) is 19.9. The Labute approximate surface area is 201 Å². The first kappa shape index (κ1) is 24.4. The fourth-order valence-corrected chi connectivity index (χ4v) is 4.91. The first-order chi connectivity index (χ1) is 16.5. The van der Waals surface area contributed by atoms with Crippen molar-refractivity contribution in [3.63, 3.8) is 0 Å². The molecule has 11 heteroatoms. The van der Waals surface area contributed by atoms with E-state index in [4.69, 9.17) is 0 Å². The van der Waals surface area contributed by atoms with Gasteiger partial charge in [-0.25, -0.2) is 9.37 Å². The fraction of sp³-hybridized carbons (Fsp3) is 0.458. The van der Waals surface area contributed by atoms with Crippen LogP contribution in [0.3, 0.4) is 0 Å². The second kappa shape index (κ2) is 9.12. The molecule has 2 bridgehead atoms. The number of aromatic nitrogens is 2.